The molecule has 0 aromatic heterocycles. The number of halogens is 1. The standard InChI is InChI=1S/C17H18ClNO5S/c1-12-11-13(18)3-8-16(12)19-25(21,22)15-6-4-14(5-7-15)24-10-9-17(20)23-2/h3-8,11,19H,9-10H2,1-2H3. The molecular weight excluding hydrogens is 366 g/mol. The van der Waals surface area contributed by atoms with Crippen molar-refractivity contribution in [1.29, 1.82) is 0 Å². The summed E-state index contributed by atoms with van der Waals surface area (Å²) in [5, 5.41) is 0.536. The van der Waals surface area contributed by atoms with Gasteiger partial charge in [0.15, 0.2) is 0 Å². The molecule has 2 aromatic rings. The fourth-order valence-electron chi connectivity index (χ4n) is 2.01. The van der Waals surface area contributed by atoms with Crippen molar-refractivity contribution in [2.75, 3.05) is 18.4 Å². The van der Waals surface area contributed by atoms with E-state index in [1.165, 1.54) is 31.4 Å². The van der Waals surface area contributed by atoms with Gasteiger partial charge in [0.25, 0.3) is 10.0 Å². The zero-order chi connectivity index (χ0) is 18.4. The zero-order valence-electron chi connectivity index (χ0n) is 13.8. The minimum atomic E-state index is -3.73. The molecule has 0 aliphatic heterocycles. The molecular formula is C17H18ClNO5S. The molecule has 0 saturated carbocycles. The van der Waals surface area contributed by atoms with E-state index in [0.29, 0.717) is 16.5 Å². The molecule has 6 nitrogen and oxygen atoms in total. The highest BCUT2D eigenvalue weighted by atomic mass is 35.5. The van der Waals surface area contributed by atoms with Crippen LogP contribution in [0, 0.1) is 6.92 Å². The van der Waals surface area contributed by atoms with Crippen molar-refractivity contribution in [1.82, 2.24) is 0 Å². The molecule has 2 rings (SSSR count). The van der Waals surface area contributed by atoms with Gasteiger partial charge in [-0.3, -0.25) is 9.52 Å². The number of ether oxygens (including phenoxy) is 2. The van der Waals surface area contributed by atoms with E-state index in [9.17, 15) is 13.2 Å². The van der Waals surface area contributed by atoms with Crippen molar-refractivity contribution in [2.45, 2.75) is 18.2 Å². The first-order chi connectivity index (χ1) is 11.8. The molecule has 0 heterocycles. The largest absolute Gasteiger partial charge is 0.493 e. The normalized spacial score (nSPS) is 11.0. The average Bonchev–Trinajstić information content (AvgIpc) is 2.57. The van der Waals surface area contributed by atoms with Crippen LogP contribution in [-0.4, -0.2) is 28.1 Å². The molecule has 0 saturated heterocycles. The van der Waals surface area contributed by atoms with E-state index in [4.69, 9.17) is 16.3 Å². The lowest BCUT2D eigenvalue weighted by atomic mass is 10.2. The van der Waals surface area contributed by atoms with Gasteiger partial charge in [-0.15, -0.1) is 0 Å². The molecule has 0 bridgehead atoms. The van der Waals surface area contributed by atoms with Crippen molar-refractivity contribution < 1.29 is 22.7 Å². The summed E-state index contributed by atoms with van der Waals surface area (Å²) in [5.41, 5.74) is 1.18. The van der Waals surface area contributed by atoms with Gasteiger partial charge in [-0.2, -0.15) is 0 Å². The molecule has 8 heteroatoms. The number of hydrogen-bond acceptors (Lipinski definition) is 5. The van der Waals surface area contributed by atoms with E-state index < -0.39 is 10.0 Å². The van der Waals surface area contributed by atoms with Crippen LogP contribution >= 0.6 is 11.6 Å². The number of aryl methyl sites for hydroxylation is 1. The van der Waals surface area contributed by atoms with Crippen LogP contribution in [0.3, 0.4) is 0 Å². The highest BCUT2D eigenvalue weighted by Crippen LogP contribution is 2.24. The van der Waals surface area contributed by atoms with Crippen molar-refractivity contribution in [3.63, 3.8) is 0 Å². The Morgan fingerprint density at radius 1 is 1.16 bits per heavy atom. The Balaban J connectivity index is 2.05. The number of rotatable bonds is 7. The molecule has 0 aliphatic rings. The SMILES string of the molecule is COC(=O)CCOc1ccc(S(=O)(=O)Nc2ccc(Cl)cc2C)cc1. The molecule has 0 amide bonds. The third-order valence-corrected chi connectivity index (χ3v) is 4.99. The lowest BCUT2D eigenvalue weighted by Crippen LogP contribution is -2.13. The Labute approximate surface area is 151 Å². The van der Waals surface area contributed by atoms with Gasteiger partial charge in [-0.1, -0.05) is 11.6 Å². The first-order valence-electron chi connectivity index (χ1n) is 7.40. The maximum Gasteiger partial charge on any atom is 0.308 e. The molecule has 0 unspecified atom stereocenters. The Kier molecular flexibility index (Phi) is 6.27. The van der Waals surface area contributed by atoms with E-state index in [-0.39, 0.29) is 23.9 Å². The minimum absolute atomic E-state index is 0.0992. The smallest absolute Gasteiger partial charge is 0.308 e. The fraction of sp³-hybridized carbons (Fsp3) is 0.235. The third kappa shape index (κ3) is 5.37. The summed E-state index contributed by atoms with van der Waals surface area (Å²) in [5.74, 6) is 0.0901. The molecule has 2 aromatic carbocycles. The first kappa shape index (κ1) is 19.1. The summed E-state index contributed by atoms with van der Waals surface area (Å²) in [6, 6.07) is 10.8. The van der Waals surface area contributed by atoms with Crippen molar-refractivity contribution in [3.8, 4) is 5.75 Å². The van der Waals surface area contributed by atoms with Crippen molar-refractivity contribution >= 4 is 33.3 Å². The Morgan fingerprint density at radius 2 is 1.84 bits per heavy atom. The second-order valence-corrected chi connectivity index (χ2v) is 7.33. The maximum absolute atomic E-state index is 12.4. The highest BCUT2D eigenvalue weighted by Gasteiger charge is 2.15. The number of anilines is 1. The van der Waals surface area contributed by atoms with Crippen LogP contribution in [0.25, 0.3) is 0 Å². The van der Waals surface area contributed by atoms with Gasteiger partial charge < -0.3 is 9.47 Å². The van der Waals surface area contributed by atoms with Gasteiger partial charge in [0.05, 0.1) is 30.7 Å². The second kappa shape index (κ2) is 8.22. The Hall–Kier alpha value is -2.25. The number of benzene rings is 2. The molecule has 134 valence electrons. The molecule has 0 aliphatic carbocycles. The second-order valence-electron chi connectivity index (χ2n) is 5.21. The third-order valence-electron chi connectivity index (χ3n) is 3.37. The molecule has 0 fully saturated rings. The first-order valence-corrected chi connectivity index (χ1v) is 9.26. The Bertz CT molecular complexity index is 850. The Morgan fingerprint density at radius 3 is 2.44 bits per heavy atom. The lowest BCUT2D eigenvalue weighted by molar-refractivity contribution is -0.141. The lowest BCUT2D eigenvalue weighted by Gasteiger charge is -2.11. The quantitative estimate of drug-likeness (QED) is 0.741. The maximum atomic E-state index is 12.4. The van der Waals surface area contributed by atoms with Gasteiger partial charge in [0, 0.05) is 5.02 Å². The van der Waals surface area contributed by atoms with Crippen LogP contribution in [0.4, 0.5) is 5.69 Å². The number of esters is 1. The summed E-state index contributed by atoms with van der Waals surface area (Å²) < 4.78 is 37.3. The molecule has 0 atom stereocenters. The summed E-state index contributed by atoms with van der Waals surface area (Å²) in [4.78, 5) is 11.1. The van der Waals surface area contributed by atoms with E-state index in [1.807, 2.05) is 0 Å². The van der Waals surface area contributed by atoms with Gasteiger partial charge in [0.1, 0.15) is 5.75 Å². The van der Waals surface area contributed by atoms with E-state index >= 15 is 0 Å². The monoisotopic (exact) mass is 383 g/mol. The van der Waals surface area contributed by atoms with Gasteiger partial charge in [0.2, 0.25) is 0 Å². The minimum Gasteiger partial charge on any atom is -0.493 e. The van der Waals surface area contributed by atoms with Crippen LogP contribution in [0.2, 0.25) is 5.02 Å². The van der Waals surface area contributed by atoms with Crippen LogP contribution in [0.15, 0.2) is 47.4 Å². The van der Waals surface area contributed by atoms with E-state index in [2.05, 4.69) is 9.46 Å². The van der Waals surface area contributed by atoms with Gasteiger partial charge in [-0.05, 0) is 55.0 Å². The van der Waals surface area contributed by atoms with Gasteiger partial charge >= 0.3 is 5.97 Å². The molecule has 25 heavy (non-hydrogen) atoms. The van der Waals surface area contributed by atoms with Crippen LogP contribution in [0.1, 0.15) is 12.0 Å². The van der Waals surface area contributed by atoms with Crippen molar-refractivity contribution in [2.24, 2.45) is 0 Å². The van der Waals surface area contributed by atoms with E-state index in [0.717, 1.165) is 5.56 Å². The van der Waals surface area contributed by atoms with Crippen LogP contribution in [-0.2, 0) is 19.6 Å². The number of hydrogen-bond donors (Lipinski definition) is 1. The molecule has 0 spiro atoms. The number of sulfonamides is 1. The summed E-state index contributed by atoms with van der Waals surface area (Å²) >= 11 is 5.87. The zero-order valence-corrected chi connectivity index (χ0v) is 15.4. The topological polar surface area (TPSA) is 81.7 Å². The van der Waals surface area contributed by atoms with Crippen LogP contribution < -0.4 is 9.46 Å². The molecule has 1 N–H and O–H groups in total. The fourth-order valence-corrected chi connectivity index (χ4v) is 3.37. The summed E-state index contributed by atoms with van der Waals surface area (Å²) in [7, 11) is -2.42. The predicted octanol–water partition coefficient (Wildman–Crippen LogP) is 3.39. The number of carbonyl (C=O) groups is 1. The van der Waals surface area contributed by atoms with Crippen LogP contribution in [0.5, 0.6) is 5.75 Å². The van der Waals surface area contributed by atoms with Crippen molar-refractivity contribution in [3.05, 3.63) is 53.1 Å². The summed E-state index contributed by atoms with van der Waals surface area (Å²) in [6.07, 6.45) is 0.119. The number of methoxy groups -OCH3 is 1. The number of nitrogens with one attached hydrogen (secondary N) is 1. The summed E-state index contributed by atoms with van der Waals surface area (Å²) in [6.45, 7) is 1.92. The highest BCUT2D eigenvalue weighted by molar-refractivity contribution is 7.92. The number of carbonyl (C=O) groups excluding carboxylic acids is 1. The van der Waals surface area contributed by atoms with E-state index in [1.54, 1.807) is 25.1 Å². The van der Waals surface area contributed by atoms with Gasteiger partial charge in [-0.25, -0.2) is 8.42 Å². The average molecular weight is 384 g/mol. The predicted molar refractivity (Wildman–Crippen MR) is 95.6 cm³/mol. The molecule has 0 radical (unpaired) electrons.